The summed E-state index contributed by atoms with van der Waals surface area (Å²) in [4.78, 5) is 0. The van der Waals surface area contributed by atoms with Gasteiger partial charge in [0.05, 0.1) is 28.0 Å². The zero-order valence-electron chi connectivity index (χ0n) is 9.03. The highest BCUT2D eigenvalue weighted by atomic mass is 79.9. The Hall–Kier alpha value is -0.390. The maximum atomic E-state index is 6.26. The smallest absolute Gasteiger partial charge is 0.0862 e. The molecule has 0 radical (unpaired) electrons. The molecule has 1 fully saturated rings. The van der Waals surface area contributed by atoms with Gasteiger partial charge in [0.1, 0.15) is 0 Å². The maximum Gasteiger partial charge on any atom is 0.0862 e. The molecule has 84 valence electrons. The number of ether oxygens (including phenoxy) is 1. The molecule has 0 aliphatic carbocycles. The molecular formula is C10H16BrN3O. The molecule has 0 bridgehead atoms. The monoisotopic (exact) mass is 273 g/mol. The highest BCUT2D eigenvalue weighted by Gasteiger charge is 2.39. The third-order valence-corrected chi connectivity index (χ3v) is 3.75. The van der Waals surface area contributed by atoms with Crippen LogP contribution in [0, 0.1) is 0 Å². The number of aryl methyl sites for hydroxylation is 1. The summed E-state index contributed by atoms with van der Waals surface area (Å²) in [5.41, 5.74) is 7.01. The second-order valence-corrected chi connectivity index (χ2v) is 5.10. The van der Waals surface area contributed by atoms with Gasteiger partial charge in [-0.3, -0.25) is 4.68 Å². The SMILES string of the molecule is Cn1ncc(Br)c1C(N)C1(C)CCCO1. The summed E-state index contributed by atoms with van der Waals surface area (Å²) in [7, 11) is 1.90. The topological polar surface area (TPSA) is 53.1 Å². The number of aromatic nitrogens is 2. The van der Waals surface area contributed by atoms with Crippen LogP contribution >= 0.6 is 15.9 Å². The second kappa shape index (κ2) is 3.88. The Morgan fingerprint density at radius 2 is 2.47 bits per heavy atom. The van der Waals surface area contributed by atoms with Crippen LogP contribution in [-0.2, 0) is 11.8 Å². The number of hydrogen-bond acceptors (Lipinski definition) is 3. The molecule has 4 nitrogen and oxygen atoms in total. The molecule has 1 aromatic heterocycles. The van der Waals surface area contributed by atoms with Gasteiger partial charge >= 0.3 is 0 Å². The summed E-state index contributed by atoms with van der Waals surface area (Å²) in [6, 6.07) is -0.137. The zero-order valence-corrected chi connectivity index (χ0v) is 10.6. The first-order chi connectivity index (χ1) is 7.04. The van der Waals surface area contributed by atoms with Crippen LogP contribution in [0.25, 0.3) is 0 Å². The lowest BCUT2D eigenvalue weighted by atomic mass is 9.91. The van der Waals surface area contributed by atoms with Crippen LogP contribution < -0.4 is 5.73 Å². The van der Waals surface area contributed by atoms with Gasteiger partial charge in [0.25, 0.3) is 0 Å². The molecule has 2 rings (SSSR count). The van der Waals surface area contributed by atoms with Gasteiger partial charge in [-0.15, -0.1) is 0 Å². The van der Waals surface area contributed by atoms with E-state index in [2.05, 4.69) is 28.0 Å². The van der Waals surface area contributed by atoms with Crippen LogP contribution in [0.2, 0.25) is 0 Å². The van der Waals surface area contributed by atoms with Crippen molar-refractivity contribution in [3.8, 4) is 0 Å². The molecule has 2 atom stereocenters. The fourth-order valence-electron chi connectivity index (χ4n) is 2.11. The van der Waals surface area contributed by atoms with Gasteiger partial charge < -0.3 is 10.5 Å². The summed E-state index contributed by atoms with van der Waals surface area (Å²) in [6.45, 7) is 2.88. The minimum atomic E-state index is -0.254. The van der Waals surface area contributed by atoms with Crippen molar-refractivity contribution in [2.24, 2.45) is 12.8 Å². The van der Waals surface area contributed by atoms with Gasteiger partial charge in [-0.1, -0.05) is 0 Å². The van der Waals surface area contributed by atoms with E-state index in [-0.39, 0.29) is 11.6 Å². The van der Waals surface area contributed by atoms with E-state index in [0.717, 1.165) is 29.6 Å². The average Bonchev–Trinajstić information content (AvgIpc) is 2.75. The Labute approximate surface area is 97.9 Å². The number of halogens is 1. The molecule has 0 aromatic carbocycles. The normalized spacial score (nSPS) is 28.3. The van der Waals surface area contributed by atoms with Crippen molar-refractivity contribution in [3.05, 3.63) is 16.4 Å². The molecule has 1 saturated heterocycles. The molecule has 1 aliphatic rings. The molecule has 1 aromatic rings. The molecule has 2 unspecified atom stereocenters. The summed E-state index contributed by atoms with van der Waals surface area (Å²) in [5.74, 6) is 0. The predicted octanol–water partition coefficient (Wildman–Crippen LogP) is 1.75. The molecule has 0 amide bonds. The lowest BCUT2D eigenvalue weighted by molar-refractivity contribution is -0.00382. The van der Waals surface area contributed by atoms with Crippen LogP contribution in [0.15, 0.2) is 10.7 Å². The van der Waals surface area contributed by atoms with Gasteiger partial charge in [-0.2, -0.15) is 5.10 Å². The average molecular weight is 274 g/mol. The van der Waals surface area contributed by atoms with Crippen LogP contribution in [0.3, 0.4) is 0 Å². The van der Waals surface area contributed by atoms with Crippen LogP contribution in [0.1, 0.15) is 31.5 Å². The van der Waals surface area contributed by atoms with Crippen molar-refractivity contribution in [3.63, 3.8) is 0 Å². The van der Waals surface area contributed by atoms with E-state index >= 15 is 0 Å². The van der Waals surface area contributed by atoms with Gasteiger partial charge in [-0.25, -0.2) is 0 Å². The van der Waals surface area contributed by atoms with Crippen molar-refractivity contribution < 1.29 is 4.74 Å². The van der Waals surface area contributed by atoms with Crippen LogP contribution in [-0.4, -0.2) is 22.0 Å². The number of nitrogens with two attached hydrogens (primary N) is 1. The Morgan fingerprint density at radius 3 is 2.93 bits per heavy atom. The summed E-state index contributed by atoms with van der Waals surface area (Å²) in [5, 5.41) is 4.17. The summed E-state index contributed by atoms with van der Waals surface area (Å²) < 4.78 is 8.51. The van der Waals surface area contributed by atoms with Crippen molar-refractivity contribution in [2.75, 3.05) is 6.61 Å². The molecule has 2 N–H and O–H groups in total. The van der Waals surface area contributed by atoms with E-state index in [1.165, 1.54) is 0 Å². The predicted molar refractivity (Wildman–Crippen MR) is 61.4 cm³/mol. The van der Waals surface area contributed by atoms with Gasteiger partial charge in [0, 0.05) is 13.7 Å². The molecule has 5 heteroatoms. The van der Waals surface area contributed by atoms with E-state index in [0.29, 0.717) is 0 Å². The number of nitrogens with zero attached hydrogens (tertiary/aromatic N) is 2. The molecular weight excluding hydrogens is 258 g/mol. The fraction of sp³-hybridized carbons (Fsp3) is 0.700. The lowest BCUT2D eigenvalue weighted by Gasteiger charge is -2.30. The van der Waals surface area contributed by atoms with Crippen LogP contribution in [0.4, 0.5) is 0 Å². The Morgan fingerprint density at radius 1 is 1.73 bits per heavy atom. The first-order valence-corrected chi connectivity index (χ1v) is 5.91. The third-order valence-electron chi connectivity index (χ3n) is 3.14. The summed E-state index contributed by atoms with van der Waals surface area (Å²) in [6.07, 6.45) is 3.86. The maximum absolute atomic E-state index is 6.26. The fourth-order valence-corrected chi connectivity index (χ4v) is 2.70. The van der Waals surface area contributed by atoms with Crippen molar-refractivity contribution in [1.82, 2.24) is 9.78 Å². The van der Waals surface area contributed by atoms with E-state index < -0.39 is 0 Å². The Bertz CT molecular complexity index is 338. The Balaban J connectivity index is 2.31. The largest absolute Gasteiger partial charge is 0.373 e. The first kappa shape index (κ1) is 11.1. The van der Waals surface area contributed by atoms with Crippen molar-refractivity contribution in [1.29, 1.82) is 0 Å². The van der Waals surface area contributed by atoms with E-state index in [9.17, 15) is 0 Å². The lowest BCUT2D eigenvalue weighted by Crippen LogP contribution is -2.39. The first-order valence-electron chi connectivity index (χ1n) is 5.11. The third kappa shape index (κ3) is 1.84. The molecule has 0 saturated carbocycles. The molecule has 15 heavy (non-hydrogen) atoms. The van der Waals surface area contributed by atoms with Gasteiger partial charge in [0.15, 0.2) is 0 Å². The minimum absolute atomic E-state index is 0.137. The molecule has 2 heterocycles. The minimum Gasteiger partial charge on any atom is -0.373 e. The van der Waals surface area contributed by atoms with E-state index in [1.807, 2.05) is 11.7 Å². The zero-order chi connectivity index (χ0) is 11.1. The summed E-state index contributed by atoms with van der Waals surface area (Å²) >= 11 is 3.47. The molecule has 0 spiro atoms. The Kier molecular flexibility index (Phi) is 2.87. The highest BCUT2D eigenvalue weighted by molar-refractivity contribution is 9.10. The highest BCUT2D eigenvalue weighted by Crippen LogP contribution is 2.37. The van der Waals surface area contributed by atoms with Crippen LogP contribution in [0.5, 0.6) is 0 Å². The second-order valence-electron chi connectivity index (χ2n) is 4.24. The van der Waals surface area contributed by atoms with Crippen molar-refractivity contribution >= 4 is 15.9 Å². The van der Waals surface area contributed by atoms with Crippen molar-refractivity contribution in [2.45, 2.75) is 31.4 Å². The van der Waals surface area contributed by atoms with E-state index in [4.69, 9.17) is 10.5 Å². The van der Waals surface area contributed by atoms with Gasteiger partial charge in [0.2, 0.25) is 0 Å². The standard InChI is InChI=1S/C10H16BrN3O/c1-10(4-3-5-15-10)9(12)8-7(11)6-13-14(8)2/h6,9H,3-5,12H2,1-2H3. The van der Waals surface area contributed by atoms with E-state index in [1.54, 1.807) is 6.20 Å². The number of rotatable bonds is 2. The number of hydrogen-bond donors (Lipinski definition) is 1. The van der Waals surface area contributed by atoms with Gasteiger partial charge in [-0.05, 0) is 35.7 Å². The molecule has 1 aliphatic heterocycles. The quantitative estimate of drug-likeness (QED) is 0.894.